The van der Waals surface area contributed by atoms with Crippen LogP contribution in [0.4, 0.5) is 0 Å². The van der Waals surface area contributed by atoms with Crippen LogP contribution in [0.2, 0.25) is 0 Å². The van der Waals surface area contributed by atoms with Crippen molar-refractivity contribution in [2.24, 2.45) is 11.8 Å². The minimum atomic E-state index is -0.847. The fraction of sp³-hybridized carbons (Fsp3) is 0.364. The van der Waals surface area contributed by atoms with E-state index < -0.39 is 5.97 Å². The van der Waals surface area contributed by atoms with Crippen molar-refractivity contribution in [3.8, 4) is 17.6 Å². The van der Waals surface area contributed by atoms with E-state index in [-0.39, 0.29) is 12.3 Å². The number of hydrogen-bond acceptors (Lipinski definition) is 4. The van der Waals surface area contributed by atoms with Crippen LogP contribution in [-0.2, 0) is 24.5 Å². The quantitative estimate of drug-likeness (QED) is 0.371. The maximum atomic E-state index is 11.1. The van der Waals surface area contributed by atoms with Crippen molar-refractivity contribution in [3.63, 3.8) is 0 Å². The van der Waals surface area contributed by atoms with Crippen molar-refractivity contribution in [3.05, 3.63) is 101 Å². The molecule has 5 rings (SSSR count). The number of aliphatic carboxylic acids is 1. The van der Waals surface area contributed by atoms with Gasteiger partial charge in [-0.05, 0) is 53.1 Å². The molecule has 0 radical (unpaired) electrons. The van der Waals surface area contributed by atoms with Crippen LogP contribution in [0.3, 0.4) is 0 Å². The maximum absolute atomic E-state index is 11.1. The number of rotatable bonds is 10. The lowest BCUT2D eigenvalue weighted by molar-refractivity contribution is -0.137. The molecule has 3 unspecified atom stereocenters. The van der Waals surface area contributed by atoms with Crippen LogP contribution in [0.1, 0.15) is 41.5 Å². The highest BCUT2D eigenvalue weighted by molar-refractivity contribution is 5.69. The zero-order chi connectivity index (χ0) is 26.3. The van der Waals surface area contributed by atoms with Crippen molar-refractivity contribution in [2.45, 2.75) is 39.0 Å². The first-order valence-electron chi connectivity index (χ1n) is 13.5. The third-order valence-electron chi connectivity index (χ3n) is 7.67. The minimum Gasteiger partial charge on any atom is -0.489 e. The van der Waals surface area contributed by atoms with Crippen molar-refractivity contribution in [1.29, 1.82) is 0 Å². The Kier molecular flexibility index (Phi) is 8.43. The number of hydrogen-bond donors (Lipinski definition) is 1. The average molecular weight is 509 g/mol. The van der Waals surface area contributed by atoms with E-state index in [1.807, 2.05) is 24.3 Å². The first-order chi connectivity index (χ1) is 18.6. The Hall–Kier alpha value is -3.59. The van der Waals surface area contributed by atoms with E-state index in [1.54, 1.807) is 6.92 Å². The van der Waals surface area contributed by atoms with E-state index in [2.05, 4.69) is 76.2 Å². The van der Waals surface area contributed by atoms with Gasteiger partial charge in [0.2, 0.25) is 0 Å². The SMILES string of the molecule is CC#CC(CC(=O)O)c1ccc(OCc2cccc(CN3CC4CN(Cc5ccccc5)CC4C3)c2)cc1. The minimum absolute atomic E-state index is 0.00170. The molecule has 3 aromatic rings. The van der Waals surface area contributed by atoms with Crippen LogP contribution in [0.15, 0.2) is 78.9 Å². The number of carboxylic acid groups (broad SMARTS) is 1. The Morgan fingerprint density at radius 2 is 1.47 bits per heavy atom. The Morgan fingerprint density at radius 3 is 2.11 bits per heavy atom. The smallest absolute Gasteiger partial charge is 0.304 e. The lowest BCUT2D eigenvalue weighted by atomic mass is 9.96. The standard InChI is InChI=1S/C33H36N2O3/c1-2-7-29(17-33(36)37)28-12-14-32(15-13-28)38-24-27-11-6-10-26(16-27)19-35-22-30-20-34(21-31(30)23-35)18-25-8-4-3-5-9-25/h3-6,8-16,29-31H,17-24H2,1H3,(H,36,37). The summed E-state index contributed by atoms with van der Waals surface area (Å²) in [6.07, 6.45) is -0.00170. The molecule has 0 spiro atoms. The van der Waals surface area contributed by atoms with Crippen LogP contribution in [0.5, 0.6) is 5.75 Å². The highest BCUT2D eigenvalue weighted by Gasteiger charge is 2.39. The summed E-state index contributed by atoms with van der Waals surface area (Å²) in [5.41, 5.74) is 4.79. The molecule has 38 heavy (non-hydrogen) atoms. The average Bonchev–Trinajstić information content (AvgIpc) is 3.46. The van der Waals surface area contributed by atoms with Gasteiger partial charge in [-0.25, -0.2) is 0 Å². The van der Waals surface area contributed by atoms with Gasteiger partial charge in [-0.2, -0.15) is 0 Å². The Labute approximate surface area is 226 Å². The zero-order valence-electron chi connectivity index (χ0n) is 22.1. The van der Waals surface area contributed by atoms with Crippen LogP contribution in [-0.4, -0.2) is 47.1 Å². The molecule has 0 aliphatic carbocycles. The lowest BCUT2D eigenvalue weighted by Gasteiger charge is -2.21. The number of nitrogens with zero attached hydrogens (tertiary/aromatic N) is 2. The number of carboxylic acids is 1. The van der Waals surface area contributed by atoms with Gasteiger partial charge in [0.15, 0.2) is 0 Å². The molecule has 0 aromatic heterocycles. The van der Waals surface area contributed by atoms with Gasteiger partial charge in [-0.1, -0.05) is 72.7 Å². The molecule has 2 saturated heterocycles. The first-order valence-corrected chi connectivity index (χ1v) is 13.5. The number of fused-ring (bicyclic) bond motifs is 1. The molecular weight excluding hydrogens is 472 g/mol. The van der Waals surface area contributed by atoms with Crippen molar-refractivity contribution >= 4 is 5.97 Å². The molecule has 0 bridgehead atoms. The lowest BCUT2D eigenvalue weighted by Crippen LogP contribution is -2.28. The third kappa shape index (κ3) is 6.83. The van der Waals surface area contributed by atoms with E-state index in [1.165, 1.54) is 37.3 Å². The molecule has 3 atom stereocenters. The number of benzene rings is 3. The topological polar surface area (TPSA) is 53.0 Å². The second-order valence-electron chi connectivity index (χ2n) is 10.6. The van der Waals surface area contributed by atoms with Gasteiger partial charge in [-0.15, -0.1) is 5.92 Å². The van der Waals surface area contributed by atoms with E-state index in [4.69, 9.17) is 9.84 Å². The third-order valence-corrected chi connectivity index (χ3v) is 7.67. The molecular formula is C33H36N2O3. The summed E-state index contributed by atoms with van der Waals surface area (Å²) in [4.78, 5) is 16.4. The van der Waals surface area contributed by atoms with Gasteiger partial charge in [-0.3, -0.25) is 14.6 Å². The van der Waals surface area contributed by atoms with E-state index in [0.717, 1.165) is 41.8 Å². The predicted octanol–water partition coefficient (Wildman–Crippen LogP) is 5.41. The van der Waals surface area contributed by atoms with Gasteiger partial charge < -0.3 is 9.84 Å². The van der Waals surface area contributed by atoms with Crippen molar-refractivity contribution in [2.75, 3.05) is 26.2 Å². The van der Waals surface area contributed by atoms with Gasteiger partial charge >= 0.3 is 5.97 Å². The van der Waals surface area contributed by atoms with E-state index in [9.17, 15) is 4.79 Å². The molecule has 2 aliphatic heterocycles. The molecule has 5 nitrogen and oxygen atoms in total. The first kappa shape index (κ1) is 26.0. The second kappa shape index (κ2) is 12.3. The Balaban J connectivity index is 1.10. The normalized spacial score (nSPS) is 19.9. The molecule has 1 N–H and O–H groups in total. The molecule has 5 heteroatoms. The molecule has 2 heterocycles. The second-order valence-corrected chi connectivity index (χ2v) is 10.6. The number of likely N-dealkylation sites (tertiary alicyclic amines) is 2. The number of carbonyl (C=O) groups is 1. The fourth-order valence-corrected chi connectivity index (χ4v) is 5.93. The molecule has 0 saturated carbocycles. The fourth-order valence-electron chi connectivity index (χ4n) is 5.93. The van der Waals surface area contributed by atoms with Crippen molar-refractivity contribution in [1.82, 2.24) is 9.80 Å². The van der Waals surface area contributed by atoms with Crippen LogP contribution >= 0.6 is 0 Å². The monoisotopic (exact) mass is 508 g/mol. The summed E-state index contributed by atoms with van der Waals surface area (Å²) in [7, 11) is 0. The zero-order valence-corrected chi connectivity index (χ0v) is 22.1. The molecule has 3 aromatic carbocycles. The largest absolute Gasteiger partial charge is 0.489 e. The van der Waals surface area contributed by atoms with Gasteiger partial charge in [0.25, 0.3) is 0 Å². The summed E-state index contributed by atoms with van der Waals surface area (Å²) in [5, 5.41) is 9.15. The summed E-state index contributed by atoms with van der Waals surface area (Å²) in [6.45, 7) is 9.03. The molecule has 0 amide bonds. The van der Waals surface area contributed by atoms with Crippen LogP contribution in [0, 0.1) is 23.7 Å². The van der Waals surface area contributed by atoms with Crippen molar-refractivity contribution < 1.29 is 14.6 Å². The van der Waals surface area contributed by atoms with E-state index in [0.29, 0.717) is 6.61 Å². The van der Waals surface area contributed by atoms with E-state index >= 15 is 0 Å². The Morgan fingerprint density at radius 1 is 0.868 bits per heavy atom. The van der Waals surface area contributed by atoms with Gasteiger partial charge in [0.05, 0.1) is 12.3 Å². The summed E-state index contributed by atoms with van der Waals surface area (Å²) in [5.74, 6) is 6.98. The van der Waals surface area contributed by atoms with Crippen LogP contribution in [0.25, 0.3) is 0 Å². The molecule has 2 aliphatic rings. The predicted molar refractivity (Wildman–Crippen MR) is 150 cm³/mol. The summed E-state index contributed by atoms with van der Waals surface area (Å²) < 4.78 is 6.04. The Bertz CT molecular complexity index is 1260. The number of ether oxygens (including phenoxy) is 1. The van der Waals surface area contributed by atoms with Gasteiger partial charge in [0, 0.05) is 39.3 Å². The maximum Gasteiger partial charge on any atom is 0.304 e. The highest BCUT2D eigenvalue weighted by atomic mass is 16.5. The summed E-state index contributed by atoms with van der Waals surface area (Å²) in [6, 6.07) is 27.1. The highest BCUT2D eigenvalue weighted by Crippen LogP contribution is 2.33. The summed E-state index contributed by atoms with van der Waals surface area (Å²) >= 11 is 0. The van der Waals surface area contributed by atoms with Gasteiger partial charge in [0.1, 0.15) is 12.4 Å². The molecule has 2 fully saturated rings. The molecule has 196 valence electrons. The van der Waals surface area contributed by atoms with Crippen LogP contribution < -0.4 is 4.74 Å².